The first kappa shape index (κ1) is 20.1. The monoisotopic (exact) mass is 457 g/mol. The van der Waals surface area contributed by atoms with Gasteiger partial charge in [-0.05, 0) is 54.1 Å². The topological polar surface area (TPSA) is 66.9 Å². The number of nitrogens with zero attached hydrogens (tertiary/aromatic N) is 3. The number of piperazine rings is 1. The minimum Gasteiger partial charge on any atom is -0.508 e. The average Bonchev–Trinajstić information content (AvgIpc) is 3.13. The van der Waals surface area contributed by atoms with Gasteiger partial charge in [0.15, 0.2) is 0 Å². The molecule has 2 aliphatic rings. The Balaban J connectivity index is 1.25. The highest BCUT2D eigenvalue weighted by atomic mass is 35.5. The molecule has 0 bridgehead atoms. The van der Waals surface area contributed by atoms with Gasteiger partial charge >= 0.3 is 0 Å². The summed E-state index contributed by atoms with van der Waals surface area (Å²) in [6.45, 7) is 4.48. The quantitative estimate of drug-likeness (QED) is 0.373. The van der Waals surface area contributed by atoms with E-state index < -0.39 is 0 Å². The van der Waals surface area contributed by atoms with Crippen molar-refractivity contribution in [2.24, 2.45) is 4.99 Å². The van der Waals surface area contributed by atoms with Crippen LogP contribution in [0.3, 0.4) is 0 Å². The van der Waals surface area contributed by atoms with Crippen molar-refractivity contribution >= 4 is 45.4 Å². The first-order chi connectivity index (χ1) is 16.1. The number of fused-ring (bicyclic) bond motifs is 3. The van der Waals surface area contributed by atoms with E-state index in [0.29, 0.717) is 10.8 Å². The molecule has 0 spiro atoms. The van der Waals surface area contributed by atoms with Gasteiger partial charge in [0.05, 0.1) is 11.4 Å². The number of phenolic OH excluding ortho intramolecular Hbond substituents is 1. The van der Waals surface area contributed by atoms with Crippen molar-refractivity contribution in [3.8, 4) is 5.75 Å². The SMILES string of the molecule is Oc1ccc2[nH]cc(CN3CCN(C4=Nc5cc(Cl)ccc5Nc5ccccc54)CC3)c2c1. The highest BCUT2D eigenvalue weighted by Gasteiger charge is 2.25. The van der Waals surface area contributed by atoms with E-state index in [-0.39, 0.29) is 0 Å². The number of hydrogen-bond donors (Lipinski definition) is 3. The van der Waals surface area contributed by atoms with Crippen LogP contribution in [0.5, 0.6) is 5.75 Å². The second-order valence-corrected chi connectivity index (χ2v) is 9.01. The van der Waals surface area contributed by atoms with Gasteiger partial charge in [-0.2, -0.15) is 0 Å². The Morgan fingerprint density at radius 1 is 0.939 bits per heavy atom. The number of aromatic hydroxyl groups is 1. The van der Waals surface area contributed by atoms with E-state index >= 15 is 0 Å². The molecule has 3 heterocycles. The second-order valence-electron chi connectivity index (χ2n) is 8.57. The van der Waals surface area contributed by atoms with Gasteiger partial charge in [0.2, 0.25) is 0 Å². The number of rotatable bonds is 2. The van der Waals surface area contributed by atoms with Crippen LogP contribution < -0.4 is 5.32 Å². The largest absolute Gasteiger partial charge is 0.508 e. The van der Waals surface area contributed by atoms with Crippen molar-refractivity contribution in [3.05, 3.63) is 83.0 Å². The summed E-state index contributed by atoms with van der Waals surface area (Å²) in [5.41, 5.74) is 6.23. The molecule has 6 nitrogen and oxygen atoms in total. The average molecular weight is 458 g/mol. The Morgan fingerprint density at radius 3 is 2.67 bits per heavy atom. The summed E-state index contributed by atoms with van der Waals surface area (Å²) in [5, 5.41) is 15.2. The number of aromatic nitrogens is 1. The Kier molecular flexibility index (Phi) is 4.97. The van der Waals surface area contributed by atoms with E-state index in [9.17, 15) is 5.11 Å². The maximum Gasteiger partial charge on any atom is 0.138 e. The number of H-pyrrole nitrogens is 1. The van der Waals surface area contributed by atoms with Crippen LogP contribution in [-0.2, 0) is 6.54 Å². The summed E-state index contributed by atoms with van der Waals surface area (Å²) in [7, 11) is 0. The lowest BCUT2D eigenvalue weighted by atomic mass is 10.1. The molecule has 4 aromatic rings. The summed E-state index contributed by atoms with van der Waals surface area (Å²) in [6.07, 6.45) is 2.05. The molecule has 7 heteroatoms. The summed E-state index contributed by atoms with van der Waals surface area (Å²) in [5.74, 6) is 1.28. The smallest absolute Gasteiger partial charge is 0.138 e. The van der Waals surface area contributed by atoms with Crippen LogP contribution in [0.2, 0.25) is 5.02 Å². The van der Waals surface area contributed by atoms with Crippen molar-refractivity contribution in [2.45, 2.75) is 6.54 Å². The number of nitrogens with one attached hydrogen (secondary N) is 2. The molecule has 1 saturated heterocycles. The Labute approximate surface area is 197 Å². The fraction of sp³-hybridized carbons (Fsp3) is 0.192. The highest BCUT2D eigenvalue weighted by molar-refractivity contribution is 6.31. The van der Waals surface area contributed by atoms with E-state index in [1.54, 1.807) is 6.07 Å². The molecule has 1 aromatic heterocycles. The minimum absolute atomic E-state index is 0.298. The zero-order valence-electron chi connectivity index (χ0n) is 18.1. The van der Waals surface area contributed by atoms with Crippen molar-refractivity contribution in [1.82, 2.24) is 14.8 Å². The fourth-order valence-corrected chi connectivity index (χ4v) is 4.87. The predicted octanol–water partition coefficient (Wildman–Crippen LogP) is 5.48. The summed E-state index contributed by atoms with van der Waals surface area (Å²) < 4.78 is 0. The number of amidine groups is 1. The van der Waals surface area contributed by atoms with Crippen LogP contribution >= 0.6 is 11.6 Å². The van der Waals surface area contributed by atoms with Crippen molar-refractivity contribution < 1.29 is 5.11 Å². The molecule has 2 aliphatic heterocycles. The molecular formula is C26H24ClN5O. The molecule has 3 N–H and O–H groups in total. The number of benzene rings is 3. The molecule has 0 amide bonds. The molecule has 3 aromatic carbocycles. The number of phenols is 1. The van der Waals surface area contributed by atoms with Crippen LogP contribution in [0.4, 0.5) is 17.1 Å². The molecule has 166 valence electrons. The Bertz CT molecular complexity index is 1370. The molecule has 33 heavy (non-hydrogen) atoms. The zero-order chi connectivity index (χ0) is 22.4. The number of aromatic amines is 1. The zero-order valence-corrected chi connectivity index (χ0v) is 18.8. The number of para-hydroxylation sites is 1. The van der Waals surface area contributed by atoms with Gasteiger partial charge in [-0.3, -0.25) is 4.90 Å². The third kappa shape index (κ3) is 3.81. The number of aliphatic imine (C=N–C) groups is 1. The van der Waals surface area contributed by atoms with E-state index in [0.717, 1.165) is 72.1 Å². The highest BCUT2D eigenvalue weighted by Crippen LogP contribution is 2.36. The molecular weight excluding hydrogens is 434 g/mol. The van der Waals surface area contributed by atoms with Crippen LogP contribution in [0.15, 0.2) is 71.9 Å². The Morgan fingerprint density at radius 2 is 1.79 bits per heavy atom. The van der Waals surface area contributed by atoms with Crippen LogP contribution in [0.1, 0.15) is 11.1 Å². The van der Waals surface area contributed by atoms with Gasteiger partial charge in [0, 0.05) is 66.1 Å². The second kappa shape index (κ2) is 8.14. The molecule has 0 saturated carbocycles. The summed E-state index contributed by atoms with van der Waals surface area (Å²) in [6, 6.07) is 19.6. The van der Waals surface area contributed by atoms with Gasteiger partial charge in [0.25, 0.3) is 0 Å². The Hall–Kier alpha value is -3.48. The molecule has 6 rings (SSSR count). The summed E-state index contributed by atoms with van der Waals surface area (Å²) >= 11 is 6.28. The van der Waals surface area contributed by atoms with Gasteiger partial charge in [-0.15, -0.1) is 0 Å². The normalized spacial score (nSPS) is 16.0. The van der Waals surface area contributed by atoms with Crippen molar-refractivity contribution in [3.63, 3.8) is 0 Å². The van der Waals surface area contributed by atoms with Gasteiger partial charge in [0.1, 0.15) is 11.6 Å². The van der Waals surface area contributed by atoms with Crippen molar-refractivity contribution in [2.75, 3.05) is 31.5 Å². The van der Waals surface area contributed by atoms with Crippen molar-refractivity contribution in [1.29, 1.82) is 0 Å². The van der Waals surface area contributed by atoms with Crippen LogP contribution in [0.25, 0.3) is 10.9 Å². The summed E-state index contributed by atoms with van der Waals surface area (Å²) in [4.78, 5) is 13.2. The van der Waals surface area contributed by atoms with E-state index in [2.05, 4.69) is 44.5 Å². The van der Waals surface area contributed by atoms with E-state index in [4.69, 9.17) is 16.6 Å². The minimum atomic E-state index is 0.298. The van der Waals surface area contributed by atoms with Gasteiger partial charge in [-0.25, -0.2) is 4.99 Å². The van der Waals surface area contributed by atoms with Crippen LogP contribution in [-0.4, -0.2) is 51.9 Å². The first-order valence-electron chi connectivity index (χ1n) is 11.1. The number of anilines is 2. The number of hydrogen-bond acceptors (Lipinski definition) is 5. The van der Waals surface area contributed by atoms with E-state index in [1.165, 1.54) is 5.56 Å². The lowest BCUT2D eigenvalue weighted by Gasteiger charge is -2.36. The third-order valence-corrected chi connectivity index (χ3v) is 6.68. The lowest BCUT2D eigenvalue weighted by molar-refractivity contribution is 0.176. The maximum absolute atomic E-state index is 9.89. The molecule has 0 atom stereocenters. The molecule has 1 fully saturated rings. The molecule has 0 aliphatic carbocycles. The van der Waals surface area contributed by atoms with Crippen LogP contribution in [0, 0.1) is 0 Å². The van der Waals surface area contributed by atoms with Gasteiger partial charge in [-0.1, -0.05) is 23.7 Å². The fourth-order valence-electron chi connectivity index (χ4n) is 4.71. The standard InChI is InChI=1S/C26H24ClN5O/c27-18-5-7-24-25(13-18)30-26(20-3-1-2-4-23(20)29-24)32-11-9-31(10-12-32)16-17-15-28-22-8-6-19(33)14-21(17)22/h1-8,13-15,28-29,33H,9-12,16H2. The molecule has 0 radical (unpaired) electrons. The van der Waals surface area contributed by atoms with E-state index in [1.807, 2.05) is 36.4 Å². The predicted molar refractivity (Wildman–Crippen MR) is 134 cm³/mol. The first-order valence-corrected chi connectivity index (χ1v) is 11.5. The maximum atomic E-state index is 9.89. The number of halogens is 1. The lowest BCUT2D eigenvalue weighted by Crippen LogP contribution is -2.48. The molecule has 0 unspecified atom stereocenters. The van der Waals surface area contributed by atoms with Gasteiger partial charge < -0.3 is 20.3 Å². The third-order valence-electron chi connectivity index (χ3n) is 6.44.